The maximum Gasteiger partial charge on any atom is 0.254 e. The van der Waals surface area contributed by atoms with Gasteiger partial charge in [-0.25, -0.2) is 0 Å². The van der Waals surface area contributed by atoms with E-state index >= 15 is 0 Å². The van der Waals surface area contributed by atoms with Crippen LogP contribution in [-0.4, -0.2) is 37.2 Å². The molecule has 24 heavy (non-hydrogen) atoms. The molecule has 6 nitrogen and oxygen atoms in total. The molecule has 7 heteroatoms. The zero-order valence-corrected chi connectivity index (χ0v) is 14.3. The standard InChI is InChI=1S/C17H18ClN5O/c1-3-22-12-19-20-16(22)11-21(2)17(24)13-6-7-14(18)15(10-13)23-8-4-5-9-23/h4-10,12H,3,11H2,1-2H3. The van der Waals surface area contributed by atoms with E-state index in [9.17, 15) is 4.79 Å². The van der Waals surface area contributed by atoms with Crippen molar-refractivity contribution in [2.24, 2.45) is 0 Å². The number of carbonyl (C=O) groups is 1. The van der Waals surface area contributed by atoms with Crippen LogP contribution in [0, 0.1) is 0 Å². The van der Waals surface area contributed by atoms with Crippen molar-refractivity contribution >= 4 is 17.5 Å². The van der Waals surface area contributed by atoms with Crippen molar-refractivity contribution in [3.63, 3.8) is 0 Å². The highest BCUT2D eigenvalue weighted by Gasteiger charge is 2.16. The van der Waals surface area contributed by atoms with Gasteiger partial charge in [0.2, 0.25) is 0 Å². The summed E-state index contributed by atoms with van der Waals surface area (Å²) in [6.45, 7) is 3.18. The lowest BCUT2D eigenvalue weighted by Gasteiger charge is -2.18. The average molecular weight is 344 g/mol. The Morgan fingerprint density at radius 1 is 1.29 bits per heavy atom. The Hall–Kier alpha value is -2.60. The molecule has 1 aromatic carbocycles. The van der Waals surface area contributed by atoms with Crippen LogP contribution in [0.2, 0.25) is 5.02 Å². The fourth-order valence-corrected chi connectivity index (χ4v) is 2.72. The molecule has 0 saturated heterocycles. The number of rotatable bonds is 5. The molecule has 2 aromatic heterocycles. The summed E-state index contributed by atoms with van der Waals surface area (Å²) in [4.78, 5) is 14.3. The quantitative estimate of drug-likeness (QED) is 0.715. The van der Waals surface area contributed by atoms with Gasteiger partial charge >= 0.3 is 0 Å². The summed E-state index contributed by atoms with van der Waals surface area (Å²) < 4.78 is 3.80. The smallest absolute Gasteiger partial charge is 0.254 e. The maximum absolute atomic E-state index is 12.7. The second kappa shape index (κ2) is 6.88. The summed E-state index contributed by atoms with van der Waals surface area (Å²) in [5, 5.41) is 8.55. The van der Waals surface area contributed by atoms with Crippen molar-refractivity contribution in [3.05, 3.63) is 65.5 Å². The zero-order chi connectivity index (χ0) is 17.1. The van der Waals surface area contributed by atoms with Crippen molar-refractivity contribution < 1.29 is 4.79 Å². The first-order valence-corrected chi connectivity index (χ1v) is 8.03. The molecule has 0 aliphatic carbocycles. The fourth-order valence-electron chi connectivity index (χ4n) is 2.51. The number of halogens is 1. The minimum absolute atomic E-state index is 0.0919. The summed E-state index contributed by atoms with van der Waals surface area (Å²) in [6, 6.07) is 9.10. The highest BCUT2D eigenvalue weighted by Crippen LogP contribution is 2.23. The second-order valence-electron chi connectivity index (χ2n) is 5.45. The van der Waals surface area contributed by atoms with E-state index in [0.717, 1.165) is 18.1 Å². The third-order valence-electron chi connectivity index (χ3n) is 3.84. The molecular weight excluding hydrogens is 326 g/mol. The Kier molecular flexibility index (Phi) is 4.66. The van der Waals surface area contributed by atoms with Crippen LogP contribution >= 0.6 is 11.6 Å². The van der Waals surface area contributed by atoms with E-state index in [0.29, 0.717) is 17.1 Å². The summed E-state index contributed by atoms with van der Waals surface area (Å²) >= 11 is 6.26. The van der Waals surface area contributed by atoms with Crippen molar-refractivity contribution in [1.29, 1.82) is 0 Å². The molecule has 0 spiro atoms. The lowest BCUT2D eigenvalue weighted by atomic mass is 10.1. The number of aryl methyl sites for hydroxylation is 1. The maximum atomic E-state index is 12.7. The van der Waals surface area contributed by atoms with Gasteiger partial charge in [0.15, 0.2) is 5.82 Å². The van der Waals surface area contributed by atoms with Gasteiger partial charge in [0, 0.05) is 31.5 Å². The van der Waals surface area contributed by atoms with Crippen molar-refractivity contribution in [2.45, 2.75) is 20.0 Å². The monoisotopic (exact) mass is 343 g/mol. The summed E-state index contributed by atoms with van der Waals surface area (Å²) in [5.41, 5.74) is 1.35. The van der Waals surface area contributed by atoms with Gasteiger partial charge in [-0.05, 0) is 37.3 Å². The Bertz CT molecular complexity index is 841. The topological polar surface area (TPSA) is 56.0 Å². The predicted molar refractivity (Wildman–Crippen MR) is 92.3 cm³/mol. The molecular formula is C17H18ClN5O. The third-order valence-corrected chi connectivity index (χ3v) is 4.16. The number of amides is 1. The molecule has 0 fully saturated rings. The summed E-state index contributed by atoms with van der Waals surface area (Å²) in [6.07, 6.45) is 5.45. The molecule has 0 radical (unpaired) electrons. The molecule has 0 N–H and O–H groups in total. The van der Waals surface area contributed by atoms with Crippen molar-refractivity contribution in [1.82, 2.24) is 24.2 Å². The largest absolute Gasteiger partial charge is 0.334 e. The highest BCUT2D eigenvalue weighted by atomic mass is 35.5. The Morgan fingerprint density at radius 3 is 2.75 bits per heavy atom. The van der Waals surface area contributed by atoms with E-state index in [1.165, 1.54) is 0 Å². The first-order valence-electron chi connectivity index (χ1n) is 7.65. The summed E-state index contributed by atoms with van der Waals surface area (Å²) in [7, 11) is 1.75. The number of hydrogen-bond donors (Lipinski definition) is 0. The number of benzene rings is 1. The molecule has 2 heterocycles. The van der Waals surface area contributed by atoms with Gasteiger partial charge in [0.25, 0.3) is 5.91 Å². The molecule has 3 rings (SSSR count). The Labute approximate surface area is 145 Å². The first-order chi connectivity index (χ1) is 11.6. The Morgan fingerprint density at radius 2 is 2.04 bits per heavy atom. The van der Waals surface area contributed by atoms with Gasteiger partial charge in [0.1, 0.15) is 6.33 Å². The molecule has 3 aromatic rings. The van der Waals surface area contributed by atoms with Crippen LogP contribution < -0.4 is 0 Å². The van der Waals surface area contributed by atoms with Crippen molar-refractivity contribution in [2.75, 3.05) is 7.05 Å². The lowest BCUT2D eigenvalue weighted by molar-refractivity contribution is 0.0780. The molecule has 0 bridgehead atoms. The molecule has 0 aliphatic heterocycles. The minimum atomic E-state index is -0.0919. The molecule has 0 aliphatic rings. The van der Waals surface area contributed by atoms with Crippen LogP contribution in [0.25, 0.3) is 5.69 Å². The van der Waals surface area contributed by atoms with Gasteiger partial charge in [-0.1, -0.05) is 11.6 Å². The van der Waals surface area contributed by atoms with Crippen molar-refractivity contribution in [3.8, 4) is 5.69 Å². The van der Waals surface area contributed by atoms with Gasteiger partial charge in [-0.15, -0.1) is 10.2 Å². The van der Waals surface area contributed by atoms with Gasteiger partial charge in [0.05, 0.1) is 17.3 Å². The second-order valence-corrected chi connectivity index (χ2v) is 5.86. The van der Waals surface area contributed by atoms with Gasteiger partial charge in [-0.3, -0.25) is 4.79 Å². The van der Waals surface area contributed by atoms with Crippen LogP contribution in [0.4, 0.5) is 0 Å². The average Bonchev–Trinajstić information content (AvgIpc) is 3.26. The number of hydrogen-bond acceptors (Lipinski definition) is 3. The molecule has 0 atom stereocenters. The Balaban J connectivity index is 1.83. The van der Waals surface area contributed by atoms with E-state index in [1.54, 1.807) is 36.5 Å². The fraction of sp³-hybridized carbons (Fsp3) is 0.235. The van der Waals surface area contributed by atoms with Gasteiger partial charge < -0.3 is 14.0 Å². The predicted octanol–water partition coefficient (Wildman–Crippen LogP) is 3.01. The van der Waals surface area contributed by atoms with E-state index in [-0.39, 0.29) is 5.91 Å². The van der Waals surface area contributed by atoms with Crippen LogP contribution in [0.1, 0.15) is 23.1 Å². The van der Waals surface area contributed by atoms with E-state index in [4.69, 9.17) is 11.6 Å². The lowest BCUT2D eigenvalue weighted by Crippen LogP contribution is -2.27. The van der Waals surface area contributed by atoms with E-state index in [2.05, 4.69) is 10.2 Å². The number of nitrogens with zero attached hydrogens (tertiary/aromatic N) is 5. The molecule has 0 unspecified atom stereocenters. The first kappa shape index (κ1) is 16.3. The molecule has 124 valence electrons. The third kappa shape index (κ3) is 3.19. The minimum Gasteiger partial charge on any atom is -0.334 e. The highest BCUT2D eigenvalue weighted by molar-refractivity contribution is 6.32. The van der Waals surface area contributed by atoms with Crippen LogP contribution in [-0.2, 0) is 13.1 Å². The number of carbonyl (C=O) groups excluding carboxylic acids is 1. The number of aromatic nitrogens is 4. The van der Waals surface area contributed by atoms with E-state index < -0.39 is 0 Å². The van der Waals surface area contributed by atoms with Crippen LogP contribution in [0.5, 0.6) is 0 Å². The van der Waals surface area contributed by atoms with E-state index in [1.807, 2.05) is 40.6 Å². The zero-order valence-electron chi connectivity index (χ0n) is 13.6. The van der Waals surface area contributed by atoms with Crippen LogP contribution in [0.3, 0.4) is 0 Å². The normalized spacial score (nSPS) is 10.8. The van der Waals surface area contributed by atoms with Crippen LogP contribution in [0.15, 0.2) is 49.1 Å². The van der Waals surface area contributed by atoms with Gasteiger partial charge in [-0.2, -0.15) is 0 Å². The SMILES string of the molecule is CCn1cnnc1CN(C)C(=O)c1ccc(Cl)c(-n2cccc2)c1. The summed E-state index contributed by atoms with van der Waals surface area (Å²) in [5.74, 6) is 0.665. The molecule has 0 saturated carbocycles. The molecule has 1 amide bonds.